The number of nitrogens with zero attached hydrogens (tertiary/aromatic N) is 1. The van der Waals surface area contributed by atoms with Crippen molar-refractivity contribution in [1.82, 2.24) is 4.90 Å². The van der Waals surface area contributed by atoms with Crippen molar-refractivity contribution in [1.29, 1.82) is 0 Å². The molecule has 0 bridgehead atoms. The smallest absolute Gasteiger partial charge is 0.254 e. The van der Waals surface area contributed by atoms with E-state index in [0.717, 1.165) is 16.7 Å². The van der Waals surface area contributed by atoms with Gasteiger partial charge in [0.15, 0.2) is 6.10 Å². The lowest BCUT2D eigenvalue weighted by molar-refractivity contribution is -0.145. The third-order valence-electron chi connectivity index (χ3n) is 4.42. The number of carbonyl (C=O) groups is 1. The van der Waals surface area contributed by atoms with E-state index in [9.17, 15) is 9.90 Å². The van der Waals surface area contributed by atoms with Crippen LogP contribution in [0.1, 0.15) is 16.7 Å². The van der Waals surface area contributed by atoms with Crippen molar-refractivity contribution in [3.8, 4) is 0 Å². The summed E-state index contributed by atoms with van der Waals surface area (Å²) in [5.74, 6) is -0.333. The molecule has 1 unspecified atom stereocenters. The molecule has 1 N–H and O–H groups in total. The third kappa shape index (κ3) is 6.05. The Balaban J connectivity index is 1.62. The van der Waals surface area contributed by atoms with Gasteiger partial charge in [-0.05, 0) is 16.7 Å². The topological polar surface area (TPSA) is 49.8 Å². The molecule has 4 nitrogen and oxygen atoms in total. The second-order valence-electron chi connectivity index (χ2n) is 6.68. The van der Waals surface area contributed by atoms with Gasteiger partial charge in [-0.3, -0.25) is 4.79 Å². The van der Waals surface area contributed by atoms with Gasteiger partial charge in [0.25, 0.3) is 5.91 Å². The molecule has 1 atom stereocenters. The van der Waals surface area contributed by atoms with Gasteiger partial charge >= 0.3 is 0 Å². The van der Waals surface area contributed by atoms with Crippen molar-refractivity contribution in [2.24, 2.45) is 0 Å². The Hall–Kier alpha value is -2.95. The molecule has 3 aromatic carbocycles. The van der Waals surface area contributed by atoms with Gasteiger partial charge in [-0.2, -0.15) is 0 Å². The number of ether oxygens (including phenoxy) is 1. The standard InChI is InChI=1S/C24H25NO3/c26-23(19-28-18-22-14-8-3-9-15-22)24(27)25(16-20-10-4-1-5-11-20)17-21-12-6-2-7-13-21/h1-15,23,26H,16-19H2. The van der Waals surface area contributed by atoms with Crippen LogP contribution in [0, 0.1) is 0 Å². The molecule has 0 saturated heterocycles. The number of benzene rings is 3. The maximum atomic E-state index is 12.9. The van der Waals surface area contributed by atoms with Gasteiger partial charge in [-0.25, -0.2) is 0 Å². The zero-order valence-corrected chi connectivity index (χ0v) is 15.8. The van der Waals surface area contributed by atoms with Crippen molar-refractivity contribution in [3.63, 3.8) is 0 Å². The third-order valence-corrected chi connectivity index (χ3v) is 4.42. The van der Waals surface area contributed by atoms with Crippen molar-refractivity contribution in [2.45, 2.75) is 25.8 Å². The average Bonchev–Trinajstić information content (AvgIpc) is 2.75. The Morgan fingerprint density at radius 1 is 0.750 bits per heavy atom. The summed E-state index contributed by atoms with van der Waals surface area (Å²) in [5, 5.41) is 10.4. The highest BCUT2D eigenvalue weighted by Crippen LogP contribution is 2.12. The molecule has 4 heteroatoms. The average molecular weight is 375 g/mol. The first-order valence-corrected chi connectivity index (χ1v) is 9.39. The van der Waals surface area contributed by atoms with E-state index in [0.29, 0.717) is 19.7 Å². The SMILES string of the molecule is O=C(C(O)COCc1ccccc1)N(Cc1ccccc1)Cc1ccccc1. The quantitative estimate of drug-likeness (QED) is 0.619. The van der Waals surface area contributed by atoms with E-state index < -0.39 is 6.10 Å². The molecule has 0 aliphatic carbocycles. The summed E-state index contributed by atoms with van der Waals surface area (Å²) in [5.41, 5.74) is 3.04. The highest BCUT2D eigenvalue weighted by molar-refractivity contribution is 5.80. The molecule has 28 heavy (non-hydrogen) atoms. The van der Waals surface area contributed by atoms with Crippen LogP contribution in [0.2, 0.25) is 0 Å². The lowest BCUT2D eigenvalue weighted by atomic mass is 10.1. The fourth-order valence-electron chi connectivity index (χ4n) is 2.96. The molecule has 3 aromatic rings. The van der Waals surface area contributed by atoms with Crippen molar-refractivity contribution in [3.05, 3.63) is 108 Å². The van der Waals surface area contributed by atoms with Crippen molar-refractivity contribution < 1.29 is 14.6 Å². The van der Waals surface area contributed by atoms with E-state index in [-0.39, 0.29) is 12.5 Å². The minimum atomic E-state index is -1.20. The summed E-state index contributed by atoms with van der Waals surface area (Å²) in [7, 11) is 0. The van der Waals surface area contributed by atoms with Crippen LogP contribution in [-0.4, -0.2) is 28.6 Å². The monoisotopic (exact) mass is 375 g/mol. The number of rotatable bonds is 9. The minimum absolute atomic E-state index is 0.0339. The maximum absolute atomic E-state index is 12.9. The van der Waals surface area contributed by atoms with Crippen LogP contribution in [0.15, 0.2) is 91.0 Å². The van der Waals surface area contributed by atoms with Crippen LogP contribution in [-0.2, 0) is 29.2 Å². The summed E-state index contributed by atoms with van der Waals surface area (Å²) >= 11 is 0. The molecular formula is C24H25NO3. The van der Waals surface area contributed by atoms with Crippen molar-refractivity contribution in [2.75, 3.05) is 6.61 Å². The molecule has 0 heterocycles. The summed E-state index contributed by atoms with van der Waals surface area (Å²) in [6.45, 7) is 1.20. The van der Waals surface area contributed by atoms with Crippen LogP contribution in [0.4, 0.5) is 0 Å². The molecule has 0 saturated carbocycles. The normalized spacial score (nSPS) is 11.8. The van der Waals surface area contributed by atoms with Crippen molar-refractivity contribution >= 4 is 5.91 Å². The minimum Gasteiger partial charge on any atom is -0.381 e. The van der Waals surface area contributed by atoms with Crippen LogP contribution >= 0.6 is 0 Å². The summed E-state index contributed by atoms with van der Waals surface area (Å²) < 4.78 is 5.56. The molecule has 3 rings (SSSR count). The van der Waals surface area contributed by atoms with Gasteiger partial charge in [0.05, 0.1) is 13.2 Å². The number of carbonyl (C=O) groups excluding carboxylic acids is 1. The second kappa shape index (κ2) is 10.4. The summed E-state index contributed by atoms with van der Waals surface area (Å²) in [6.07, 6.45) is -1.20. The first kappa shape index (κ1) is 19.8. The van der Waals surface area contributed by atoms with Gasteiger partial charge in [-0.15, -0.1) is 0 Å². The lowest BCUT2D eigenvalue weighted by Gasteiger charge is -2.25. The zero-order chi connectivity index (χ0) is 19.6. The van der Waals surface area contributed by atoms with E-state index >= 15 is 0 Å². The molecular weight excluding hydrogens is 350 g/mol. The fraction of sp³-hybridized carbons (Fsp3) is 0.208. The highest BCUT2D eigenvalue weighted by atomic mass is 16.5. The Morgan fingerprint density at radius 2 is 1.18 bits per heavy atom. The lowest BCUT2D eigenvalue weighted by Crippen LogP contribution is -2.40. The number of aliphatic hydroxyl groups excluding tert-OH is 1. The fourth-order valence-corrected chi connectivity index (χ4v) is 2.96. The molecule has 0 fully saturated rings. The van der Waals surface area contributed by atoms with Crippen LogP contribution in [0.3, 0.4) is 0 Å². The molecule has 0 spiro atoms. The number of aliphatic hydroxyl groups is 1. The van der Waals surface area contributed by atoms with Gasteiger partial charge < -0.3 is 14.7 Å². The number of hydrogen-bond acceptors (Lipinski definition) is 3. The Morgan fingerprint density at radius 3 is 1.64 bits per heavy atom. The van der Waals surface area contributed by atoms with E-state index in [1.54, 1.807) is 4.90 Å². The Bertz CT molecular complexity index is 796. The van der Waals surface area contributed by atoms with Gasteiger partial charge in [0.2, 0.25) is 0 Å². The highest BCUT2D eigenvalue weighted by Gasteiger charge is 2.23. The number of amides is 1. The first-order valence-electron chi connectivity index (χ1n) is 9.39. The van der Waals surface area contributed by atoms with Crippen LogP contribution < -0.4 is 0 Å². The molecule has 144 valence electrons. The predicted molar refractivity (Wildman–Crippen MR) is 109 cm³/mol. The van der Waals surface area contributed by atoms with Gasteiger partial charge in [0, 0.05) is 13.1 Å². The predicted octanol–water partition coefficient (Wildman–Crippen LogP) is 3.79. The number of hydrogen-bond donors (Lipinski definition) is 1. The molecule has 1 amide bonds. The van der Waals surface area contributed by atoms with E-state index in [1.807, 2.05) is 91.0 Å². The van der Waals surface area contributed by atoms with E-state index in [1.165, 1.54) is 0 Å². The van der Waals surface area contributed by atoms with Gasteiger partial charge in [-0.1, -0.05) is 91.0 Å². The molecule has 0 aliphatic heterocycles. The van der Waals surface area contributed by atoms with Crippen LogP contribution in [0.25, 0.3) is 0 Å². The van der Waals surface area contributed by atoms with Crippen LogP contribution in [0.5, 0.6) is 0 Å². The molecule has 0 radical (unpaired) electrons. The van der Waals surface area contributed by atoms with E-state index in [4.69, 9.17) is 4.74 Å². The largest absolute Gasteiger partial charge is 0.381 e. The maximum Gasteiger partial charge on any atom is 0.254 e. The second-order valence-corrected chi connectivity index (χ2v) is 6.68. The zero-order valence-electron chi connectivity index (χ0n) is 15.8. The van der Waals surface area contributed by atoms with E-state index in [2.05, 4.69) is 0 Å². The Labute approximate surface area is 166 Å². The summed E-state index contributed by atoms with van der Waals surface area (Å²) in [6, 6.07) is 29.3. The molecule has 0 aromatic heterocycles. The van der Waals surface area contributed by atoms with Gasteiger partial charge in [0.1, 0.15) is 0 Å². The molecule has 0 aliphatic rings. The summed E-state index contributed by atoms with van der Waals surface area (Å²) in [4.78, 5) is 14.6. The first-order chi connectivity index (χ1) is 13.7. The Kier molecular flexibility index (Phi) is 7.36.